The van der Waals surface area contributed by atoms with Gasteiger partial charge in [-0.25, -0.2) is 4.39 Å². The molecule has 0 bridgehead atoms. The molecule has 0 spiro atoms. The monoisotopic (exact) mass is 287 g/mol. The number of thioether (sulfide) groups is 1. The van der Waals surface area contributed by atoms with Crippen molar-refractivity contribution >= 4 is 11.8 Å². The molecule has 1 aromatic rings. The molecule has 0 aromatic heterocycles. The minimum absolute atomic E-state index is 0.296. The van der Waals surface area contributed by atoms with Crippen molar-refractivity contribution in [1.29, 1.82) is 0 Å². The second kappa shape index (κ2) is 10.1. The van der Waals surface area contributed by atoms with Crippen LogP contribution in [0.15, 0.2) is 18.2 Å². The van der Waals surface area contributed by atoms with Gasteiger partial charge in [0.25, 0.3) is 0 Å². The van der Waals surface area contributed by atoms with Crippen LogP contribution in [0, 0.1) is 5.82 Å². The maximum atomic E-state index is 13.8. The lowest BCUT2D eigenvalue weighted by molar-refractivity contribution is 0.199. The van der Waals surface area contributed by atoms with Crippen molar-refractivity contribution in [2.75, 3.05) is 38.9 Å². The number of hydrogen-bond acceptors (Lipinski definition) is 4. The van der Waals surface area contributed by atoms with Crippen LogP contribution in [0.4, 0.5) is 4.39 Å². The Labute approximate surface area is 118 Å². The number of nitrogens with one attached hydrogen (secondary N) is 1. The molecule has 0 aliphatic carbocycles. The first-order valence-electron chi connectivity index (χ1n) is 6.37. The van der Waals surface area contributed by atoms with Crippen LogP contribution in [0.25, 0.3) is 0 Å². The minimum Gasteiger partial charge on any atom is -0.490 e. The van der Waals surface area contributed by atoms with E-state index < -0.39 is 0 Å². The molecular formula is C14H22FNO2S. The van der Waals surface area contributed by atoms with E-state index >= 15 is 0 Å². The molecule has 0 radical (unpaired) electrons. The van der Waals surface area contributed by atoms with Crippen LogP contribution in [-0.4, -0.2) is 38.9 Å². The number of rotatable bonds is 10. The lowest BCUT2D eigenvalue weighted by Gasteiger charge is -2.09. The van der Waals surface area contributed by atoms with E-state index in [9.17, 15) is 4.39 Å². The largest absolute Gasteiger partial charge is 0.490 e. The van der Waals surface area contributed by atoms with Crippen molar-refractivity contribution in [3.8, 4) is 5.75 Å². The molecule has 0 saturated carbocycles. The molecule has 0 aliphatic heterocycles. The van der Waals surface area contributed by atoms with Crippen LogP contribution in [0.3, 0.4) is 0 Å². The summed E-state index contributed by atoms with van der Waals surface area (Å²) in [7, 11) is 1.66. The summed E-state index contributed by atoms with van der Waals surface area (Å²) < 4.78 is 24.1. The van der Waals surface area contributed by atoms with E-state index in [2.05, 4.69) is 5.32 Å². The topological polar surface area (TPSA) is 30.5 Å². The Morgan fingerprint density at radius 1 is 1.32 bits per heavy atom. The van der Waals surface area contributed by atoms with Crippen LogP contribution < -0.4 is 10.1 Å². The highest BCUT2D eigenvalue weighted by molar-refractivity contribution is 7.98. The Kier molecular flexibility index (Phi) is 8.62. The molecule has 0 fully saturated rings. The molecule has 0 unspecified atom stereocenters. The quantitative estimate of drug-likeness (QED) is 0.670. The first-order valence-corrected chi connectivity index (χ1v) is 7.77. The zero-order chi connectivity index (χ0) is 13.9. The maximum Gasteiger partial charge on any atom is 0.165 e. The third-order valence-electron chi connectivity index (χ3n) is 2.56. The molecule has 0 aliphatic rings. The fraction of sp³-hybridized carbons (Fsp3) is 0.571. The highest BCUT2D eigenvalue weighted by Crippen LogP contribution is 2.18. The maximum absolute atomic E-state index is 13.8. The van der Waals surface area contributed by atoms with Gasteiger partial charge in [-0.05, 0) is 36.1 Å². The van der Waals surface area contributed by atoms with Gasteiger partial charge in [0.15, 0.2) is 11.6 Å². The van der Waals surface area contributed by atoms with Crippen molar-refractivity contribution in [1.82, 2.24) is 5.32 Å². The fourth-order valence-electron chi connectivity index (χ4n) is 1.56. The number of benzene rings is 1. The van der Waals surface area contributed by atoms with Gasteiger partial charge in [-0.3, -0.25) is 0 Å². The van der Waals surface area contributed by atoms with Gasteiger partial charge < -0.3 is 14.8 Å². The highest BCUT2D eigenvalue weighted by atomic mass is 32.2. The van der Waals surface area contributed by atoms with Crippen molar-refractivity contribution in [2.45, 2.75) is 13.0 Å². The predicted octanol–water partition coefficient (Wildman–Crippen LogP) is 2.69. The summed E-state index contributed by atoms with van der Waals surface area (Å²) >= 11 is 1.76. The Bertz CT molecular complexity index is 363. The van der Waals surface area contributed by atoms with Gasteiger partial charge in [0, 0.05) is 20.2 Å². The van der Waals surface area contributed by atoms with Gasteiger partial charge in [-0.1, -0.05) is 6.07 Å². The Morgan fingerprint density at radius 3 is 2.84 bits per heavy atom. The Hall–Kier alpha value is -0.780. The smallest absolute Gasteiger partial charge is 0.165 e. The van der Waals surface area contributed by atoms with Crippen LogP contribution in [0.1, 0.15) is 12.0 Å². The summed E-state index contributed by atoms with van der Waals surface area (Å²) in [6.07, 6.45) is 2.98. The molecule has 1 rings (SSSR count). The van der Waals surface area contributed by atoms with Gasteiger partial charge in [0.05, 0.1) is 13.2 Å². The minimum atomic E-state index is -0.296. The van der Waals surface area contributed by atoms with E-state index in [1.54, 1.807) is 24.9 Å². The van der Waals surface area contributed by atoms with Gasteiger partial charge in [0.1, 0.15) is 0 Å². The molecule has 0 heterocycles. The lowest BCUT2D eigenvalue weighted by atomic mass is 10.2. The fourth-order valence-corrected chi connectivity index (χ4v) is 1.97. The molecule has 1 N–H and O–H groups in total. The molecule has 5 heteroatoms. The van der Waals surface area contributed by atoms with Crippen LogP contribution in [0.2, 0.25) is 0 Å². The molecule has 0 saturated heterocycles. The van der Waals surface area contributed by atoms with E-state index in [0.717, 1.165) is 24.3 Å². The molecule has 0 amide bonds. The van der Waals surface area contributed by atoms with E-state index in [1.165, 1.54) is 6.07 Å². The van der Waals surface area contributed by atoms with Crippen LogP contribution >= 0.6 is 11.8 Å². The van der Waals surface area contributed by atoms with Crippen LogP contribution in [-0.2, 0) is 11.3 Å². The predicted molar refractivity (Wildman–Crippen MR) is 78.5 cm³/mol. The summed E-state index contributed by atoms with van der Waals surface area (Å²) in [5, 5.41) is 3.17. The standard InChI is InChI=1S/C14H22FNO2S/c1-17-8-6-16-11-12-4-5-14(13(15)10-12)18-7-3-9-19-2/h4-5,10,16H,3,6-9,11H2,1-2H3. The third-order valence-corrected chi connectivity index (χ3v) is 3.26. The average Bonchev–Trinajstić information content (AvgIpc) is 2.42. The van der Waals surface area contributed by atoms with Crippen LogP contribution in [0.5, 0.6) is 5.75 Å². The van der Waals surface area contributed by atoms with E-state index in [1.807, 2.05) is 12.3 Å². The normalized spacial score (nSPS) is 10.7. The molecular weight excluding hydrogens is 265 g/mol. The molecule has 3 nitrogen and oxygen atoms in total. The second-order valence-corrected chi connectivity index (χ2v) is 5.11. The van der Waals surface area contributed by atoms with Crippen molar-refractivity contribution in [3.05, 3.63) is 29.6 Å². The second-order valence-electron chi connectivity index (χ2n) is 4.13. The number of hydrogen-bond donors (Lipinski definition) is 1. The third kappa shape index (κ3) is 6.80. The summed E-state index contributed by atoms with van der Waals surface area (Å²) in [5.74, 6) is 1.07. The SMILES string of the molecule is COCCNCc1ccc(OCCCSC)c(F)c1. The summed E-state index contributed by atoms with van der Waals surface area (Å²) in [6, 6.07) is 5.10. The summed E-state index contributed by atoms with van der Waals surface area (Å²) in [5.41, 5.74) is 0.907. The van der Waals surface area contributed by atoms with Crippen molar-refractivity contribution in [3.63, 3.8) is 0 Å². The van der Waals surface area contributed by atoms with E-state index in [-0.39, 0.29) is 5.82 Å². The number of halogens is 1. The zero-order valence-corrected chi connectivity index (χ0v) is 12.4. The first-order chi connectivity index (χ1) is 9.27. The highest BCUT2D eigenvalue weighted by Gasteiger charge is 2.04. The first kappa shape index (κ1) is 16.3. The van der Waals surface area contributed by atoms with E-state index in [0.29, 0.717) is 25.5 Å². The van der Waals surface area contributed by atoms with Gasteiger partial charge in [-0.2, -0.15) is 11.8 Å². The van der Waals surface area contributed by atoms with Gasteiger partial charge >= 0.3 is 0 Å². The number of ether oxygens (including phenoxy) is 2. The average molecular weight is 287 g/mol. The lowest BCUT2D eigenvalue weighted by Crippen LogP contribution is -2.18. The Morgan fingerprint density at radius 2 is 2.16 bits per heavy atom. The molecule has 1 aromatic carbocycles. The van der Waals surface area contributed by atoms with Gasteiger partial charge in [-0.15, -0.1) is 0 Å². The van der Waals surface area contributed by atoms with Crippen molar-refractivity contribution < 1.29 is 13.9 Å². The summed E-state index contributed by atoms with van der Waals surface area (Å²) in [6.45, 7) is 2.60. The molecule has 19 heavy (non-hydrogen) atoms. The van der Waals surface area contributed by atoms with E-state index in [4.69, 9.17) is 9.47 Å². The summed E-state index contributed by atoms with van der Waals surface area (Å²) in [4.78, 5) is 0. The zero-order valence-electron chi connectivity index (χ0n) is 11.6. The number of methoxy groups -OCH3 is 1. The molecule has 108 valence electrons. The van der Waals surface area contributed by atoms with Gasteiger partial charge in [0.2, 0.25) is 0 Å². The van der Waals surface area contributed by atoms with Crippen molar-refractivity contribution in [2.24, 2.45) is 0 Å². The Balaban J connectivity index is 2.36. The molecule has 0 atom stereocenters.